The van der Waals surface area contributed by atoms with Gasteiger partial charge in [0, 0.05) is 12.6 Å². The van der Waals surface area contributed by atoms with Crippen molar-refractivity contribution >= 4 is 5.97 Å². The predicted molar refractivity (Wildman–Crippen MR) is 56.2 cm³/mol. The number of rotatable bonds is 2. The van der Waals surface area contributed by atoms with Gasteiger partial charge < -0.3 is 20.6 Å². The van der Waals surface area contributed by atoms with E-state index in [1.54, 1.807) is 0 Å². The van der Waals surface area contributed by atoms with Gasteiger partial charge >= 0.3 is 5.97 Å². The molecule has 2 atom stereocenters. The van der Waals surface area contributed by atoms with Crippen molar-refractivity contribution in [3.05, 3.63) is 23.5 Å². The molecule has 4 N–H and O–H groups in total. The predicted octanol–water partition coefficient (Wildman–Crippen LogP) is 0.972. The van der Waals surface area contributed by atoms with Gasteiger partial charge in [0.05, 0.1) is 5.92 Å². The Balaban J connectivity index is 2.22. The Labute approximate surface area is 96.5 Å². The largest absolute Gasteiger partial charge is 0.504 e. The molecule has 0 radical (unpaired) electrons. The quantitative estimate of drug-likeness (QED) is 0.579. The molecule has 92 valence electrons. The molecule has 2 unspecified atom stereocenters. The number of phenolic OH excluding ortho intramolecular Hbond substituents is 2. The second-order valence-electron chi connectivity index (χ2n) is 4.10. The van der Waals surface area contributed by atoms with Crippen LogP contribution in [0.1, 0.15) is 18.0 Å². The Morgan fingerprint density at radius 3 is 2.65 bits per heavy atom. The van der Waals surface area contributed by atoms with Crippen molar-refractivity contribution in [1.82, 2.24) is 5.32 Å². The summed E-state index contributed by atoms with van der Waals surface area (Å²) >= 11 is 0. The number of nitrogens with one attached hydrogen (secondary N) is 1. The lowest BCUT2D eigenvalue weighted by atomic mass is 9.99. The minimum atomic E-state index is -0.916. The molecule has 1 aromatic rings. The summed E-state index contributed by atoms with van der Waals surface area (Å²) in [6, 6.07) is 2.01. The van der Waals surface area contributed by atoms with Crippen LogP contribution in [0, 0.1) is 11.7 Å². The molecule has 0 aromatic heterocycles. The maximum atomic E-state index is 13.2. The highest BCUT2D eigenvalue weighted by Crippen LogP contribution is 2.34. The molecule has 1 heterocycles. The Kier molecular flexibility index (Phi) is 2.89. The fraction of sp³-hybridized carbons (Fsp3) is 0.364. The molecule has 0 amide bonds. The summed E-state index contributed by atoms with van der Waals surface area (Å²) in [6.07, 6.45) is 0.332. The topological polar surface area (TPSA) is 89.8 Å². The van der Waals surface area contributed by atoms with E-state index in [-0.39, 0.29) is 6.04 Å². The van der Waals surface area contributed by atoms with Crippen molar-refractivity contribution in [3.63, 3.8) is 0 Å². The number of carboxylic acid groups (broad SMARTS) is 1. The smallest absolute Gasteiger partial charge is 0.307 e. The van der Waals surface area contributed by atoms with Crippen LogP contribution in [-0.2, 0) is 4.79 Å². The number of benzene rings is 1. The summed E-state index contributed by atoms with van der Waals surface area (Å²) in [7, 11) is 0. The lowest BCUT2D eigenvalue weighted by Gasteiger charge is -2.12. The van der Waals surface area contributed by atoms with E-state index in [0.29, 0.717) is 18.5 Å². The molecule has 2 rings (SSSR count). The number of halogens is 1. The first-order valence-corrected chi connectivity index (χ1v) is 5.16. The molecule has 1 aliphatic heterocycles. The number of carbonyl (C=O) groups is 1. The van der Waals surface area contributed by atoms with Crippen molar-refractivity contribution in [2.24, 2.45) is 5.92 Å². The first-order valence-electron chi connectivity index (χ1n) is 5.16. The second kappa shape index (κ2) is 4.21. The van der Waals surface area contributed by atoms with Crippen LogP contribution in [0.4, 0.5) is 4.39 Å². The van der Waals surface area contributed by atoms with Crippen molar-refractivity contribution in [2.45, 2.75) is 12.5 Å². The van der Waals surface area contributed by atoms with Crippen LogP contribution < -0.4 is 5.32 Å². The minimum Gasteiger partial charge on any atom is -0.504 e. The third-order valence-electron chi connectivity index (χ3n) is 2.95. The van der Waals surface area contributed by atoms with E-state index in [1.165, 1.54) is 6.07 Å². The monoisotopic (exact) mass is 241 g/mol. The first-order chi connectivity index (χ1) is 7.99. The maximum Gasteiger partial charge on any atom is 0.307 e. The molecule has 6 heteroatoms. The van der Waals surface area contributed by atoms with Gasteiger partial charge in [-0.25, -0.2) is 4.39 Å². The fourth-order valence-corrected chi connectivity index (χ4v) is 1.98. The summed E-state index contributed by atoms with van der Waals surface area (Å²) in [5.41, 5.74) is 0.432. The molecule has 0 bridgehead atoms. The van der Waals surface area contributed by atoms with E-state index in [4.69, 9.17) is 10.2 Å². The molecule has 0 spiro atoms. The molecular formula is C11H12FNO4. The van der Waals surface area contributed by atoms with E-state index < -0.39 is 29.2 Å². The van der Waals surface area contributed by atoms with E-state index in [0.717, 1.165) is 6.07 Å². The van der Waals surface area contributed by atoms with Crippen LogP contribution in [-0.4, -0.2) is 27.8 Å². The Hall–Kier alpha value is -1.82. The van der Waals surface area contributed by atoms with Gasteiger partial charge in [-0.2, -0.15) is 0 Å². The van der Waals surface area contributed by atoms with E-state index in [9.17, 15) is 14.3 Å². The van der Waals surface area contributed by atoms with Gasteiger partial charge in [-0.05, 0) is 24.1 Å². The highest BCUT2D eigenvalue weighted by molar-refractivity contribution is 5.70. The molecule has 1 saturated heterocycles. The zero-order valence-corrected chi connectivity index (χ0v) is 8.85. The van der Waals surface area contributed by atoms with Gasteiger partial charge in [0.1, 0.15) is 0 Å². The summed E-state index contributed by atoms with van der Waals surface area (Å²) in [5.74, 6) is -3.66. The fourth-order valence-electron chi connectivity index (χ4n) is 1.98. The van der Waals surface area contributed by atoms with Crippen molar-refractivity contribution in [2.75, 3.05) is 6.54 Å². The highest BCUT2D eigenvalue weighted by atomic mass is 19.1. The molecule has 0 saturated carbocycles. The van der Waals surface area contributed by atoms with Crippen LogP contribution in [0.2, 0.25) is 0 Å². The zero-order valence-electron chi connectivity index (χ0n) is 8.85. The Morgan fingerprint density at radius 1 is 1.41 bits per heavy atom. The Bertz CT molecular complexity index is 440. The van der Waals surface area contributed by atoms with Crippen LogP contribution >= 0.6 is 0 Å². The SMILES string of the molecule is O=C(O)C1CNC(c2cc(O)c(O)c(F)c2)C1. The van der Waals surface area contributed by atoms with Crippen molar-refractivity contribution < 1.29 is 24.5 Å². The third kappa shape index (κ3) is 2.16. The molecule has 1 aliphatic rings. The number of phenols is 2. The van der Waals surface area contributed by atoms with Gasteiger partial charge in [-0.15, -0.1) is 0 Å². The lowest BCUT2D eigenvalue weighted by Crippen LogP contribution is -2.17. The van der Waals surface area contributed by atoms with Crippen LogP contribution in [0.15, 0.2) is 12.1 Å². The normalized spacial score (nSPS) is 23.8. The number of aliphatic carboxylic acids is 1. The summed E-state index contributed by atoms with van der Waals surface area (Å²) < 4.78 is 13.2. The number of carboxylic acids is 1. The molecular weight excluding hydrogens is 229 g/mol. The average molecular weight is 241 g/mol. The molecule has 1 fully saturated rings. The average Bonchev–Trinajstić information content (AvgIpc) is 2.74. The van der Waals surface area contributed by atoms with Crippen molar-refractivity contribution in [3.8, 4) is 11.5 Å². The molecule has 5 nitrogen and oxygen atoms in total. The maximum absolute atomic E-state index is 13.2. The molecule has 0 aliphatic carbocycles. The van der Waals surface area contributed by atoms with E-state index in [1.807, 2.05) is 0 Å². The summed E-state index contributed by atoms with van der Waals surface area (Å²) in [5, 5.41) is 30.1. The third-order valence-corrected chi connectivity index (χ3v) is 2.95. The molecule has 17 heavy (non-hydrogen) atoms. The first kappa shape index (κ1) is 11.7. The van der Waals surface area contributed by atoms with Gasteiger partial charge in [0.25, 0.3) is 0 Å². The standard InChI is InChI=1S/C11H12FNO4/c12-7-1-5(3-9(14)10(7)15)8-2-6(4-13-8)11(16)17/h1,3,6,8,13-15H,2,4H2,(H,16,17). The second-order valence-corrected chi connectivity index (χ2v) is 4.10. The zero-order chi connectivity index (χ0) is 12.6. The number of hydrogen-bond donors (Lipinski definition) is 4. The lowest BCUT2D eigenvalue weighted by molar-refractivity contribution is -0.141. The van der Waals surface area contributed by atoms with Crippen LogP contribution in [0.3, 0.4) is 0 Å². The van der Waals surface area contributed by atoms with Crippen LogP contribution in [0.25, 0.3) is 0 Å². The van der Waals surface area contributed by atoms with Gasteiger partial charge in [-0.1, -0.05) is 0 Å². The van der Waals surface area contributed by atoms with Gasteiger partial charge in [-0.3, -0.25) is 4.79 Å². The van der Waals surface area contributed by atoms with E-state index >= 15 is 0 Å². The molecule has 1 aromatic carbocycles. The highest BCUT2D eigenvalue weighted by Gasteiger charge is 2.30. The van der Waals surface area contributed by atoms with Gasteiger partial charge in [0.15, 0.2) is 17.3 Å². The van der Waals surface area contributed by atoms with Crippen molar-refractivity contribution in [1.29, 1.82) is 0 Å². The van der Waals surface area contributed by atoms with Crippen LogP contribution in [0.5, 0.6) is 11.5 Å². The minimum absolute atomic E-state index is 0.309. The van der Waals surface area contributed by atoms with E-state index in [2.05, 4.69) is 5.32 Å². The Morgan fingerprint density at radius 2 is 2.12 bits per heavy atom. The van der Waals surface area contributed by atoms with Gasteiger partial charge in [0.2, 0.25) is 0 Å². The number of aromatic hydroxyl groups is 2. The summed E-state index contributed by atoms with van der Waals surface area (Å²) in [6.45, 7) is 0.309. The summed E-state index contributed by atoms with van der Waals surface area (Å²) in [4.78, 5) is 10.8. The number of hydrogen-bond acceptors (Lipinski definition) is 4.